The molecule has 1 fully saturated rings. The van der Waals surface area contributed by atoms with Gasteiger partial charge >= 0.3 is 0 Å². The molecule has 5 nitrogen and oxygen atoms in total. The van der Waals surface area contributed by atoms with Crippen molar-refractivity contribution in [2.75, 3.05) is 13.9 Å². The molecule has 24 heavy (non-hydrogen) atoms. The van der Waals surface area contributed by atoms with Crippen LogP contribution in [0, 0.1) is 0 Å². The van der Waals surface area contributed by atoms with Crippen LogP contribution in [-0.2, 0) is 13.0 Å². The van der Waals surface area contributed by atoms with Gasteiger partial charge in [0.15, 0.2) is 11.5 Å². The Balaban J connectivity index is 1.49. The van der Waals surface area contributed by atoms with E-state index in [0.29, 0.717) is 12.1 Å². The molecule has 1 aromatic heterocycles. The summed E-state index contributed by atoms with van der Waals surface area (Å²) in [6.45, 7) is 1.15. The van der Waals surface area contributed by atoms with Gasteiger partial charge in [0.1, 0.15) is 5.75 Å². The van der Waals surface area contributed by atoms with E-state index in [4.69, 9.17) is 14.2 Å². The summed E-state index contributed by atoms with van der Waals surface area (Å²) >= 11 is 0. The third-order valence-electron chi connectivity index (χ3n) is 5.48. The zero-order chi connectivity index (χ0) is 16.1. The minimum atomic E-state index is 0.288. The SMILES string of the molecule is COc1cc2c(cc1CN1[C@H]3CC[C@H]1c1cccnc1C3)OCO2. The number of methoxy groups -OCH3 is 1. The minimum absolute atomic E-state index is 0.288. The predicted molar refractivity (Wildman–Crippen MR) is 88.4 cm³/mol. The number of hydrogen-bond acceptors (Lipinski definition) is 5. The largest absolute Gasteiger partial charge is 0.496 e. The maximum Gasteiger partial charge on any atom is 0.231 e. The van der Waals surface area contributed by atoms with E-state index in [2.05, 4.69) is 28.1 Å². The van der Waals surface area contributed by atoms with E-state index in [0.717, 1.165) is 35.8 Å². The molecule has 2 atom stereocenters. The molecule has 4 heterocycles. The highest BCUT2D eigenvalue weighted by Gasteiger charge is 2.40. The quantitative estimate of drug-likeness (QED) is 0.868. The summed E-state index contributed by atoms with van der Waals surface area (Å²) < 4.78 is 16.6. The highest BCUT2D eigenvalue weighted by Crippen LogP contribution is 2.45. The van der Waals surface area contributed by atoms with Crippen molar-refractivity contribution in [2.45, 2.75) is 37.9 Å². The second kappa shape index (κ2) is 5.38. The van der Waals surface area contributed by atoms with Gasteiger partial charge in [0.05, 0.1) is 7.11 Å². The van der Waals surface area contributed by atoms with Gasteiger partial charge in [-0.1, -0.05) is 6.07 Å². The van der Waals surface area contributed by atoms with Gasteiger partial charge < -0.3 is 14.2 Å². The smallest absolute Gasteiger partial charge is 0.231 e. The molecule has 124 valence electrons. The molecule has 1 aromatic carbocycles. The third kappa shape index (κ3) is 2.08. The monoisotopic (exact) mass is 324 g/mol. The van der Waals surface area contributed by atoms with Crippen LogP contribution in [0.1, 0.15) is 35.7 Å². The van der Waals surface area contributed by atoms with E-state index in [-0.39, 0.29) is 6.79 Å². The first kappa shape index (κ1) is 14.1. The van der Waals surface area contributed by atoms with Gasteiger partial charge in [-0.15, -0.1) is 0 Å². The molecule has 0 aliphatic carbocycles. The maximum atomic E-state index is 5.60. The second-order valence-corrected chi connectivity index (χ2v) is 6.68. The molecule has 0 N–H and O–H groups in total. The van der Waals surface area contributed by atoms with Crippen molar-refractivity contribution < 1.29 is 14.2 Å². The Kier molecular flexibility index (Phi) is 3.16. The lowest BCUT2D eigenvalue weighted by atomic mass is 9.97. The van der Waals surface area contributed by atoms with Crippen molar-refractivity contribution in [3.05, 3.63) is 47.3 Å². The number of pyridine rings is 1. The molecular weight excluding hydrogens is 304 g/mol. The molecule has 5 rings (SSSR count). The van der Waals surface area contributed by atoms with E-state index in [1.54, 1.807) is 7.11 Å². The number of rotatable bonds is 3. The van der Waals surface area contributed by atoms with Gasteiger partial charge in [-0.2, -0.15) is 0 Å². The highest BCUT2D eigenvalue weighted by molar-refractivity contribution is 5.52. The van der Waals surface area contributed by atoms with Gasteiger partial charge in [-0.3, -0.25) is 9.88 Å². The summed E-state index contributed by atoms with van der Waals surface area (Å²) in [6.07, 6.45) is 5.39. The van der Waals surface area contributed by atoms with E-state index in [1.807, 2.05) is 12.3 Å². The fourth-order valence-electron chi connectivity index (χ4n) is 4.35. The second-order valence-electron chi connectivity index (χ2n) is 6.68. The fourth-order valence-corrected chi connectivity index (χ4v) is 4.35. The highest BCUT2D eigenvalue weighted by atomic mass is 16.7. The van der Waals surface area contributed by atoms with Gasteiger partial charge in [-0.05, 0) is 30.5 Å². The summed E-state index contributed by atoms with van der Waals surface area (Å²) in [5.41, 5.74) is 3.83. The van der Waals surface area contributed by atoms with E-state index in [9.17, 15) is 0 Å². The molecule has 0 amide bonds. The Morgan fingerprint density at radius 2 is 2.12 bits per heavy atom. The molecule has 1 saturated heterocycles. The topological polar surface area (TPSA) is 43.8 Å². The number of hydrogen-bond donors (Lipinski definition) is 0. The molecule has 0 unspecified atom stereocenters. The lowest BCUT2D eigenvalue weighted by molar-refractivity contribution is 0.164. The molecule has 0 spiro atoms. The van der Waals surface area contributed by atoms with Crippen LogP contribution >= 0.6 is 0 Å². The molecule has 3 aliphatic heterocycles. The van der Waals surface area contributed by atoms with Crippen LogP contribution in [0.4, 0.5) is 0 Å². The summed E-state index contributed by atoms with van der Waals surface area (Å²) in [5.74, 6) is 2.46. The minimum Gasteiger partial charge on any atom is -0.496 e. The standard InChI is InChI=1S/C19H20N2O3/c1-22-17-9-19-18(23-11-24-19)7-12(17)10-21-13-4-5-16(21)14-3-2-6-20-15(14)8-13/h2-3,6-7,9,13,16H,4-5,8,10-11H2,1H3/t13-,16-/m0/s1. The van der Waals surface area contributed by atoms with Gasteiger partial charge in [-0.25, -0.2) is 0 Å². The Labute approximate surface area is 141 Å². The van der Waals surface area contributed by atoms with Crippen LogP contribution in [0.15, 0.2) is 30.5 Å². The van der Waals surface area contributed by atoms with E-state index < -0.39 is 0 Å². The molecule has 2 bridgehead atoms. The molecular formula is C19H20N2O3. The van der Waals surface area contributed by atoms with Crippen molar-refractivity contribution in [2.24, 2.45) is 0 Å². The van der Waals surface area contributed by atoms with Crippen LogP contribution in [0.3, 0.4) is 0 Å². The van der Waals surface area contributed by atoms with Crippen LogP contribution in [0.25, 0.3) is 0 Å². The van der Waals surface area contributed by atoms with Crippen LogP contribution in [0.2, 0.25) is 0 Å². The first-order valence-corrected chi connectivity index (χ1v) is 8.49. The van der Waals surface area contributed by atoms with Crippen LogP contribution in [0.5, 0.6) is 17.2 Å². The molecule has 2 aromatic rings. The summed E-state index contributed by atoms with van der Waals surface area (Å²) in [6, 6.07) is 9.32. The Morgan fingerprint density at radius 1 is 1.25 bits per heavy atom. The van der Waals surface area contributed by atoms with Crippen molar-refractivity contribution in [1.29, 1.82) is 0 Å². The van der Waals surface area contributed by atoms with Crippen LogP contribution < -0.4 is 14.2 Å². The Hall–Kier alpha value is -2.27. The zero-order valence-corrected chi connectivity index (χ0v) is 13.7. The normalized spacial score (nSPS) is 24.0. The first-order chi connectivity index (χ1) is 11.8. The van der Waals surface area contributed by atoms with Gasteiger partial charge in [0.25, 0.3) is 0 Å². The first-order valence-electron chi connectivity index (χ1n) is 8.49. The maximum absolute atomic E-state index is 5.60. The molecule has 0 saturated carbocycles. The fraction of sp³-hybridized carbons (Fsp3) is 0.421. The summed E-state index contributed by atoms with van der Waals surface area (Å²) in [7, 11) is 1.71. The number of fused-ring (bicyclic) bond motifs is 5. The van der Waals surface area contributed by atoms with Gasteiger partial charge in [0, 0.05) is 48.6 Å². The van der Waals surface area contributed by atoms with Crippen molar-refractivity contribution in [3.8, 4) is 17.2 Å². The van der Waals surface area contributed by atoms with E-state index in [1.165, 1.54) is 24.1 Å². The summed E-state index contributed by atoms with van der Waals surface area (Å²) in [4.78, 5) is 7.20. The van der Waals surface area contributed by atoms with Crippen molar-refractivity contribution >= 4 is 0 Å². The number of aromatic nitrogens is 1. The van der Waals surface area contributed by atoms with Crippen LogP contribution in [-0.4, -0.2) is 29.8 Å². The third-order valence-corrected chi connectivity index (χ3v) is 5.48. The number of nitrogens with zero attached hydrogens (tertiary/aromatic N) is 2. The zero-order valence-electron chi connectivity index (χ0n) is 13.7. The molecule has 5 heteroatoms. The predicted octanol–water partition coefficient (Wildman–Crippen LogP) is 3.08. The van der Waals surface area contributed by atoms with Crippen molar-refractivity contribution in [3.63, 3.8) is 0 Å². The van der Waals surface area contributed by atoms with E-state index >= 15 is 0 Å². The number of ether oxygens (including phenoxy) is 3. The lowest BCUT2D eigenvalue weighted by Gasteiger charge is -2.36. The molecule has 3 aliphatic rings. The van der Waals surface area contributed by atoms with Gasteiger partial charge in [0.2, 0.25) is 6.79 Å². The molecule has 0 radical (unpaired) electrons. The number of benzene rings is 1. The Morgan fingerprint density at radius 3 is 3.00 bits per heavy atom. The average Bonchev–Trinajstić information content (AvgIpc) is 3.17. The Bertz CT molecular complexity index is 792. The van der Waals surface area contributed by atoms with Crippen molar-refractivity contribution in [1.82, 2.24) is 9.88 Å². The lowest BCUT2D eigenvalue weighted by Crippen LogP contribution is -2.37. The average molecular weight is 324 g/mol. The summed E-state index contributed by atoms with van der Waals surface area (Å²) in [5, 5.41) is 0.